The lowest BCUT2D eigenvalue weighted by molar-refractivity contribution is -0.119. The van der Waals surface area contributed by atoms with Gasteiger partial charge in [-0.3, -0.25) is 9.59 Å². The summed E-state index contributed by atoms with van der Waals surface area (Å²) in [4.78, 5) is 28.5. The number of carbonyl (C=O) groups excluding carboxylic acids is 1. The minimum Gasteiger partial charge on any atom is -0.310 e. The molecule has 0 spiro atoms. The summed E-state index contributed by atoms with van der Waals surface area (Å²) in [6.07, 6.45) is 2.55. The maximum Gasteiger partial charge on any atom is 0.275 e. The summed E-state index contributed by atoms with van der Waals surface area (Å²) in [5.74, 6) is -0.114. The van der Waals surface area contributed by atoms with Crippen LogP contribution in [0.5, 0.6) is 0 Å². The normalized spacial score (nSPS) is 17.0. The number of para-hydroxylation sites is 1. The molecule has 2 aromatic carbocycles. The van der Waals surface area contributed by atoms with Gasteiger partial charge >= 0.3 is 0 Å². The molecular formula is C20H19N3O2S. The van der Waals surface area contributed by atoms with E-state index in [2.05, 4.69) is 12.0 Å². The van der Waals surface area contributed by atoms with Crippen molar-refractivity contribution < 1.29 is 4.79 Å². The largest absolute Gasteiger partial charge is 0.310 e. The number of fused-ring (bicyclic) bond motifs is 2. The van der Waals surface area contributed by atoms with E-state index in [9.17, 15) is 9.59 Å². The van der Waals surface area contributed by atoms with Gasteiger partial charge in [0.2, 0.25) is 5.91 Å². The second kappa shape index (κ2) is 6.96. The molecule has 0 fully saturated rings. The van der Waals surface area contributed by atoms with E-state index in [0.29, 0.717) is 17.2 Å². The predicted molar refractivity (Wildman–Crippen MR) is 105 cm³/mol. The Hall–Kier alpha value is -2.60. The zero-order valence-corrected chi connectivity index (χ0v) is 15.3. The highest BCUT2D eigenvalue weighted by Crippen LogP contribution is 2.37. The molecule has 26 heavy (non-hydrogen) atoms. The van der Waals surface area contributed by atoms with E-state index in [0.717, 1.165) is 22.4 Å². The number of amides is 1. The number of nitrogens with zero attached hydrogens (tertiary/aromatic N) is 3. The summed E-state index contributed by atoms with van der Waals surface area (Å²) in [7, 11) is 0. The number of anilines is 1. The van der Waals surface area contributed by atoms with Crippen LogP contribution >= 0.6 is 11.8 Å². The molecule has 1 aromatic heterocycles. The van der Waals surface area contributed by atoms with Crippen molar-refractivity contribution in [2.45, 2.75) is 30.0 Å². The van der Waals surface area contributed by atoms with Crippen LogP contribution in [-0.2, 0) is 11.3 Å². The Morgan fingerprint density at radius 2 is 1.96 bits per heavy atom. The van der Waals surface area contributed by atoms with Gasteiger partial charge in [-0.05, 0) is 24.6 Å². The highest BCUT2D eigenvalue weighted by Gasteiger charge is 2.24. The smallest absolute Gasteiger partial charge is 0.275 e. The van der Waals surface area contributed by atoms with Gasteiger partial charge in [-0.1, -0.05) is 37.3 Å². The Kier molecular flexibility index (Phi) is 4.51. The average Bonchev–Trinajstić information content (AvgIpc) is 2.82. The molecule has 0 bridgehead atoms. The standard InChI is InChI=1S/C20H19N3O2S/c1-14-10-11-22(17-8-4-5-9-18(17)26-14)19(24)13-23-20(25)16-7-3-2-6-15(16)12-21-23/h2-9,12,14H,10-11,13H2,1H3. The Morgan fingerprint density at radius 3 is 2.85 bits per heavy atom. The minimum atomic E-state index is -0.234. The molecule has 1 aliphatic heterocycles. The fourth-order valence-corrected chi connectivity index (χ4v) is 4.31. The number of benzene rings is 2. The third-order valence-electron chi connectivity index (χ3n) is 4.59. The van der Waals surface area contributed by atoms with Crippen LogP contribution in [0.15, 0.2) is 64.4 Å². The number of hydrogen-bond donors (Lipinski definition) is 0. The topological polar surface area (TPSA) is 55.2 Å². The third-order valence-corrected chi connectivity index (χ3v) is 5.83. The third kappa shape index (κ3) is 3.12. The van der Waals surface area contributed by atoms with E-state index in [1.807, 2.05) is 42.5 Å². The van der Waals surface area contributed by atoms with Crippen LogP contribution in [0.25, 0.3) is 10.8 Å². The Bertz CT molecular complexity index is 1030. The van der Waals surface area contributed by atoms with Gasteiger partial charge in [-0.25, -0.2) is 4.68 Å². The first-order valence-corrected chi connectivity index (χ1v) is 9.52. The molecule has 6 heteroatoms. The van der Waals surface area contributed by atoms with Crippen LogP contribution < -0.4 is 10.5 Å². The lowest BCUT2D eigenvalue weighted by Crippen LogP contribution is -2.38. The summed E-state index contributed by atoms with van der Waals surface area (Å²) in [6.45, 7) is 2.76. The van der Waals surface area contributed by atoms with Crippen LogP contribution in [0.4, 0.5) is 5.69 Å². The summed E-state index contributed by atoms with van der Waals surface area (Å²) in [6, 6.07) is 15.2. The molecule has 1 aliphatic rings. The van der Waals surface area contributed by atoms with E-state index < -0.39 is 0 Å². The SMILES string of the molecule is CC1CCN(C(=O)Cn2ncc3ccccc3c2=O)c2ccccc2S1. The summed E-state index contributed by atoms with van der Waals surface area (Å²) in [5, 5.41) is 5.99. The van der Waals surface area contributed by atoms with Crippen molar-refractivity contribution in [3.8, 4) is 0 Å². The van der Waals surface area contributed by atoms with E-state index in [4.69, 9.17) is 0 Å². The first kappa shape index (κ1) is 16.8. The molecule has 1 unspecified atom stereocenters. The molecule has 0 radical (unpaired) electrons. The predicted octanol–water partition coefficient (Wildman–Crippen LogP) is 3.31. The van der Waals surface area contributed by atoms with Crippen molar-refractivity contribution in [3.05, 3.63) is 65.1 Å². The number of carbonyl (C=O) groups is 1. The van der Waals surface area contributed by atoms with Gasteiger partial charge in [0.1, 0.15) is 6.54 Å². The van der Waals surface area contributed by atoms with Crippen LogP contribution in [0.3, 0.4) is 0 Å². The monoisotopic (exact) mass is 365 g/mol. The molecule has 1 atom stereocenters. The number of rotatable bonds is 2. The Labute approximate surface area is 155 Å². The quantitative estimate of drug-likeness (QED) is 0.699. The average molecular weight is 365 g/mol. The molecular weight excluding hydrogens is 346 g/mol. The fraction of sp³-hybridized carbons (Fsp3) is 0.250. The van der Waals surface area contributed by atoms with E-state index >= 15 is 0 Å². The molecule has 3 aromatic rings. The molecule has 0 aliphatic carbocycles. The van der Waals surface area contributed by atoms with Crippen LogP contribution in [0.1, 0.15) is 13.3 Å². The summed E-state index contributed by atoms with van der Waals surface area (Å²) >= 11 is 1.79. The number of hydrogen-bond acceptors (Lipinski definition) is 4. The van der Waals surface area contributed by atoms with Gasteiger partial charge in [-0.15, -0.1) is 11.8 Å². The molecule has 4 rings (SSSR count). The van der Waals surface area contributed by atoms with E-state index in [-0.39, 0.29) is 18.0 Å². The second-order valence-corrected chi connectivity index (χ2v) is 7.91. The Morgan fingerprint density at radius 1 is 1.19 bits per heavy atom. The van der Waals surface area contributed by atoms with Gasteiger partial charge in [0.05, 0.1) is 17.3 Å². The maximum absolute atomic E-state index is 13.0. The van der Waals surface area contributed by atoms with Gasteiger partial charge in [-0.2, -0.15) is 5.10 Å². The maximum atomic E-state index is 13.0. The number of aromatic nitrogens is 2. The van der Waals surface area contributed by atoms with Crippen LogP contribution in [-0.4, -0.2) is 27.5 Å². The first-order chi connectivity index (χ1) is 12.6. The zero-order chi connectivity index (χ0) is 18.1. The van der Waals surface area contributed by atoms with Crippen molar-refractivity contribution in [3.63, 3.8) is 0 Å². The van der Waals surface area contributed by atoms with Gasteiger partial charge in [0, 0.05) is 22.1 Å². The summed E-state index contributed by atoms with van der Waals surface area (Å²) < 4.78 is 1.26. The van der Waals surface area contributed by atoms with Crippen molar-refractivity contribution in [2.75, 3.05) is 11.4 Å². The molecule has 0 N–H and O–H groups in total. The lowest BCUT2D eigenvalue weighted by atomic mass is 10.2. The molecule has 0 saturated heterocycles. The van der Waals surface area contributed by atoms with Crippen molar-refractivity contribution in [2.24, 2.45) is 0 Å². The summed E-state index contributed by atoms with van der Waals surface area (Å²) in [5.41, 5.74) is 0.683. The van der Waals surface area contributed by atoms with E-state index in [1.54, 1.807) is 28.9 Å². The molecule has 132 valence electrons. The number of thioether (sulfide) groups is 1. The highest BCUT2D eigenvalue weighted by molar-refractivity contribution is 8.00. The highest BCUT2D eigenvalue weighted by atomic mass is 32.2. The Balaban J connectivity index is 1.67. The van der Waals surface area contributed by atoms with Crippen molar-refractivity contribution in [1.82, 2.24) is 9.78 Å². The minimum absolute atomic E-state index is 0.0585. The van der Waals surface area contributed by atoms with Crippen molar-refractivity contribution in [1.29, 1.82) is 0 Å². The van der Waals surface area contributed by atoms with Crippen molar-refractivity contribution >= 4 is 34.1 Å². The van der Waals surface area contributed by atoms with Crippen LogP contribution in [0.2, 0.25) is 0 Å². The van der Waals surface area contributed by atoms with Gasteiger partial charge in [0.15, 0.2) is 0 Å². The zero-order valence-electron chi connectivity index (χ0n) is 14.5. The van der Waals surface area contributed by atoms with Crippen LogP contribution in [0, 0.1) is 0 Å². The second-order valence-electron chi connectivity index (χ2n) is 6.42. The van der Waals surface area contributed by atoms with Gasteiger partial charge < -0.3 is 4.90 Å². The van der Waals surface area contributed by atoms with E-state index in [1.165, 1.54) is 4.68 Å². The molecule has 0 saturated carbocycles. The molecule has 5 nitrogen and oxygen atoms in total. The first-order valence-electron chi connectivity index (χ1n) is 8.64. The lowest BCUT2D eigenvalue weighted by Gasteiger charge is -2.22. The fourth-order valence-electron chi connectivity index (χ4n) is 3.20. The van der Waals surface area contributed by atoms with Gasteiger partial charge in [0.25, 0.3) is 5.56 Å². The molecule has 1 amide bonds. The molecule has 2 heterocycles.